The molecule has 0 saturated carbocycles. The summed E-state index contributed by atoms with van der Waals surface area (Å²) in [6.07, 6.45) is 3.70. The molecule has 0 aliphatic rings. The molecule has 0 spiro atoms. The lowest BCUT2D eigenvalue weighted by atomic mass is 10.3. The molecule has 2 nitrogen and oxygen atoms in total. The average molecular weight is 284 g/mol. The van der Waals surface area contributed by atoms with Gasteiger partial charge in [-0.1, -0.05) is 0 Å². The highest BCUT2D eigenvalue weighted by atomic mass is 79.9. The maximum Gasteiger partial charge on any atom is 0.184 e. The van der Waals surface area contributed by atoms with E-state index in [-0.39, 0.29) is 5.43 Å². The van der Waals surface area contributed by atoms with Gasteiger partial charge in [0.2, 0.25) is 0 Å². The number of nitrogens with zero attached hydrogens (tertiary/aromatic N) is 1. The summed E-state index contributed by atoms with van der Waals surface area (Å²) < 4.78 is 3.15. The second-order valence-corrected chi connectivity index (χ2v) is 5.21. The maximum atomic E-state index is 11.2. The van der Waals surface area contributed by atoms with E-state index in [1.54, 1.807) is 17.4 Å². The number of thiophene rings is 1. The van der Waals surface area contributed by atoms with E-state index < -0.39 is 0 Å². The first-order chi connectivity index (χ1) is 7.16. The third-order valence-corrected chi connectivity index (χ3v) is 4.09. The molecule has 0 radical (unpaired) electrons. The molecule has 0 aromatic carbocycles. The van der Waals surface area contributed by atoms with Gasteiger partial charge in [0.1, 0.15) is 0 Å². The zero-order valence-electron chi connectivity index (χ0n) is 8.24. The Labute approximate surface area is 100 Å². The zero-order chi connectivity index (χ0) is 10.8. The molecule has 0 aliphatic heterocycles. The Morgan fingerprint density at radius 3 is 2.87 bits per heavy atom. The predicted molar refractivity (Wildman–Crippen MR) is 66.6 cm³/mol. The second kappa shape index (κ2) is 4.33. The van der Waals surface area contributed by atoms with Gasteiger partial charge in [-0.2, -0.15) is 0 Å². The quantitative estimate of drug-likeness (QED) is 0.831. The fraction of sp³-hybridized carbons (Fsp3) is 0.182. The van der Waals surface area contributed by atoms with Crippen LogP contribution in [-0.4, -0.2) is 4.57 Å². The average Bonchev–Trinajstić information content (AvgIpc) is 2.59. The largest absolute Gasteiger partial charge is 0.349 e. The first-order valence-corrected chi connectivity index (χ1v) is 6.22. The molecule has 2 heterocycles. The minimum absolute atomic E-state index is 0.0940. The zero-order valence-corrected chi connectivity index (χ0v) is 10.6. The van der Waals surface area contributed by atoms with Gasteiger partial charge in [-0.25, -0.2) is 0 Å². The molecule has 2 rings (SSSR count). The van der Waals surface area contributed by atoms with Gasteiger partial charge >= 0.3 is 0 Å². The van der Waals surface area contributed by atoms with Crippen molar-refractivity contribution < 1.29 is 0 Å². The fourth-order valence-electron chi connectivity index (χ4n) is 1.35. The predicted octanol–water partition coefficient (Wildman–Crippen LogP) is 3.03. The Morgan fingerprint density at radius 2 is 2.27 bits per heavy atom. The summed E-state index contributed by atoms with van der Waals surface area (Å²) in [5.41, 5.74) is 0.877. The summed E-state index contributed by atoms with van der Waals surface area (Å²) in [6, 6.07) is 3.65. The van der Waals surface area contributed by atoms with E-state index in [0.717, 1.165) is 16.6 Å². The summed E-state index contributed by atoms with van der Waals surface area (Å²) >= 11 is 5.20. The molecule has 0 bridgehead atoms. The number of hydrogen-bond acceptors (Lipinski definition) is 2. The number of aryl methyl sites for hydroxylation is 1. The third-order valence-electron chi connectivity index (χ3n) is 2.18. The van der Waals surface area contributed by atoms with Gasteiger partial charge in [0.25, 0.3) is 0 Å². The number of aromatic nitrogens is 1. The molecule has 4 heteroatoms. The standard InChI is InChI=1S/C11H10BrNOS/c1-8-6-13(4-2-10(8)14)7-11-9(12)3-5-15-11/h2-6H,7H2,1H3. The van der Waals surface area contributed by atoms with Gasteiger partial charge in [0, 0.05) is 33.4 Å². The van der Waals surface area contributed by atoms with Crippen LogP contribution in [0.15, 0.2) is 39.2 Å². The summed E-state index contributed by atoms with van der Waals surface area (Å²) in [4.78, 5) is 12.5. The topological polar surface area (TPSA) is 22.0 Å². The molecular formula is C11H10BrNOS. The van der Waals surface area contributed by atoms with Crippen molar-refractivity contribution in [1.82, 2.24) is 4.57 Å². The number of rotatable bonds is 2. The monoisotopic (exact) mass is 283 g/mol. The third kappa shape index (κ3) is 2.38. The molecule has 0 amide bonds. The van der Waals surface area contributed by atoms with E-state index in [1.165, 1.54) is 4.88 Å². The minimum atomic E-state index is 0.0940. The van der Waals surface area contributed by atoms with Gasteiger partial charge < -0.3 is 4.57 Å². The van der Waals surface area contributed by atoms with Crippen molar-refractivity contribution in [2.24, 2.45) is 0 Å². The number of hydrogen-bond donors (Lipinski definition) is 0. The van der Waals surface area contributed by atoms with Crippen LogP contribution in [0.25, 0.3) is 0 Å². The molecule has 0 unspecified atom stereocenters. The van der Waals surface area contributed by atoms with E-state index in [0.29, 0.717) is 0 Å². The SMILES string of the molecule is Cc1cn(Cc2sccc2Br)ccc1=O. The van der Waals surface area contributed by atoms with Crippen molar-refractivity contribution in [2.75, 3.05) is 0 Å². The van der Waals surface area contributed by atoms with E-state index >= 15 is 0 Å². The van der Waals surface area contributed by atoms with Gasteiger partial charge in [-0.15, -0.1) is 11.3 Å². The molecular weight excluding hydrogens is 274 g/mol. The lowest BCUT2D eigenvalue weighted by Gasteiger charge is -2.05. The molecule has 0 N–H and O–H groups in total. The Hall–Kier alpha value is -0.870. The van der Waals surface area contributed by atoms with Crippen molar-refractivity contribution in [3.8, 4) is 0 Å². The Morgan fingerprint density at radius 1 is 1.47 bits per heavy atom. The second-order valence-electron chi connectivity index (χ2n) is 3.36. The van der Waals surface area contributed by atoms with Crippen molar-refractivity contribution in [3.63, 3.8) is 0 Å². The molecule has 2 aromatic heterocycles. The smallest absolute Gasteiger partial charge is 0.184 e. The molecule has 0 fully saturated rings. The fourth-order valence-corrected chi connectivity index (χ4v) is 2.84. The molecule has 15 heavy (non-hydrogen) atoms. The first kappa shape index (κ1) is 10.6. The van der Waals surface area contributed by atoms with Crippen LogP contribution in [0, 0.1) is 6.92 Å². The van der Waals surface area contributed by atoms with Crippen LogP contribution in [-0.2, 0) is 6.54 Å². The van der Waals surface area contributed by atoms with Gasteiger partial charge in [-0.3, -0.25) is 4.79 Å². The highest BCUT2D eigenvalue weighted by Crippen LogP contribution is 2.23. The van der Waals surface area contributed by atoms with E-state index in [4.69, 9.17) is 0 Å². The van der Waals surface area contributed by atoms with Crippen LogP contribution in [0.4, 0.5) is 0 Å². The van der Waals surface area contributed by atoms with Gasteiger partial charge in [-0.05, 0) is 34.3 Å². The summed E-state index contributed by atoms with van der Waals surface area (Å²) in [6.45, 7) is 2.64. The first-order valence-electron chi connectivity index (χ1n) is 4.55. The highest BCUT2D eigenvalue weighted by molar-refractivity contribution is 9.10. The Balaban J connectivity index is 2.29. The van der Waals surface area contributed by atoms with Crippen LogP contribution in [0.3, 0.4) is 0 Å². The van der Waals surface area contributed by atoms with Crippen LogP contribution in [0.2, 0.25) is 0 Å². The molecule has 0 aliphatic carbocycles. The van der Waals surface area contributed by atoms with Crippen LogP contribution >= 0.6 is 27.3 Å². The minimum Gasteiger partial charge on any atom is -0.349 e. The molecule has 78 valence electrons. The van der Waals surface area contributed by atoms with Crippen LogP contribution < -0.4 is 5.43 Å². The van der Waals surface area contributed by atoms with E-state index in [1.807, 2.05) is 30.0 Å². The summed E-state index contributed by atoms with van der Waals surface area (Å²) in [7, 11) is 0. The van der Waals surface area contributed by atoms with Crippen molar-refractivity contribution in [3.05, 3.63) is 55.0 Å². The normalized spacial score (nSPS) is 10.5. The van der Waals surface area contributed by atoms with Crippen molar-refractivity contribution >= 4 is 27.3 Å². The van der Waals surface area contributed by atoms with Gasteiger partial charge in [0.15, 0.2) is 5.43 Å². The van der Waals surface area contributed by atoms with Crippen molar-refractivity contribution in [1.29, 1.82) is 0 Å². The lowest BCUT2D eigenvalue weighted by Crippen LogP contribution is -2.08. The van der Waals surface area contributed by atoms with Crippen LogP contribution in [0.5, 0.6) is 0 Å². The lowest BCUT2D eigenvalue weighted by molar-refractivity contribution is 0.792. The van der Waals surface area contributed by atoms with E-state index in [2.05, 4.69) is 21.3 Å². The summed E-state index contributed by atoms with van der Waals surface area (Å²) in [5.74, 6) is 0. The summed E-state index contributed by atoms with van der Waals surface area (Å²) in [5, 5.41) is 2.05. The maximum absolute atomic E-state index is 11.2. The number of halogens is 1. The molecule has 0 atom stereocenters. The molecule has 2 aromatic rings. The highest BCUT2D eigenvalue weighted by Gasteiger charge is 2.02. The van der Waals surface area contributed by atoms with E-state index in [9.17, 15) is 4.79 Å². The van der Waals surface area contributed by atoms with Crippen LogP contribution in [0.1, 0.15) is 10.4 Å². The Kier molecular flexibility index (Phi) is 3.07. The molecule has 0 saturated heterocycles. The number of pyridine rings is 1. The van der Waals surface area contributed by atoms with Gasteiger partial charge in [0.05, 0.1) is 6.54 Å². The Bertz CT molecular complexity index is 529. The van der Waals surface area contributed by atoms with Crippen molar-refractivity contribution in [2.45, 2.75) is 13.5 Å².